The zero-order chi connectivity index (χ0) is 36.0. The van der Waals surface area contributed by atoms with E-state index in [0.717, 1.165) is 43.1 Å². The summed E-state index contributed by atoms with van der Waals surface area (Å²) in [5.41, 5.74) is 2.03. The number of aryl methyl sites for hydroxylation is 2. The van der Waals surface area contributed by atoms with Gasteiger partial charge >= 0.3 is 5.97 Å². The summed E-state index contributed by atoms with van der Waals surface area (Å²) in [6.07, 6.45) is 0.371. The molecule has 1 aliphatic heterocycles. The Morgan fingerprint density at radius 1 is 1.10 bits per heavy atom. The van der Waals surface area contributed by atoms with E-state index >= 15 is 0 Å². The minimum absolute atomic E-state index is 0.0639. The number of phenols is 1. The van der Waals surface area contributed by atoms with E-state index < -0.39 is 59.7 Å². The van der Waals surface area contributed by atoms with Crippen LogP contribution in [0.15, 0.2) is 53.6 Å². The van der Waals surface area contributed by atoms with Crippen molar-refractivity contribution in [3.8, 4) is 5.75 Å². The molecule has 2 aromatic carbocycles. The lowest BCUT2D eigenvalue weighted by atomic mass is 9.87. The summed E-state index contributed by atoms with van der Waals surface area (Å²) in [4.78, 5) is 38.4. The zero-order valence-corrected chi connectivity index (χ0v) is 29.1. The van der Waals surface area contributed by atoms with E-state index in [9.17, 15) is 34.8 Å². The molecule has 1 aromatic heterocycles. The van der Waals surface area contributed by atoms with E-state index in [1.165, 1.54) is 30.3 Å². The average Bonchev–Trinajstić information content (AvgIpc) is 3.58. The number of carbonyl (C=O) groups is 3. The molecule has 2 amide bonds. The molecule has 2 unspecified atom stereocenters. The van der Waals surface area contributed by atoms with Crippen molar-refractivity contribution in [1.29, 1.82) is 0 Å². The highest BCUT2D eigenvalue weighted by molar-refractivity contribution is 8.01. The highest BCUT2D eigenvalue weighted by atomic mass is 32.2. The fraction of sp³-hybridized carbons (Fsp3) is 0.514. The molecule has 3 aromatic rings. The van der Waals surface area contributed by atoms with E-state index in [1.54, 1.807) is 50.4 Å². The molecule has 0 radical (unpaired) electrons. The number of aliphatic hydroxyl groups is 3. The number of nitrogens with one attached hydrogen (secondary N) is 2. The molecule has 2 fully saturated rings. The summed E-state index contributed by atoms with van der Waals surface area (Å²) in [6.45, 7) is 2.61. The third-order valence-corrected chi connectivity index (χ3v) is 10.5. The summed E-state index contributed by atoms with van der Waals surface area (Å²) in [5, 5.41) is 57.9. The van der Waals surface area contributed by atoms with Gasteiger partial charge in [-0.2, -0.15) is 0 Å². The van der Waals surface area contributed by atoms with Crippen molar-refractivity contribution in [3.63, 3.8) is 0 Å². The fourth-order valence-corrected chi connectivity index (χ4v) is 7.83. The van der Waals surface area contributed by atoms with E-state index in [-0.39, 0.29) is 30.2 Å². The van der Waals surface area contributed by atoms with Crippen LogP contribution in [0.1, 0.15) is 71.6 Å². The number of carbonyl (C=O) groups excluding carboxylic acids is 3. The van der Waals surface area contributed by atoms with Gasteiger partial charge in [0.15, 0.2) is 0 Å². The van der Waals surface area contributed by atoms with Crippen molar-refractivity contribution in [1.82, 2.24) is 25.6 Å². The van der Waals surface area contributed by atoms with Crippen LogP contribution in [0.3, 0.4) is 0 Å². The van der Waals surface area contributed by atoms with Crippen LogP contribution in [0.4, 0.5) is 0 Å². The number of aromatic nitrogens is 3. The second-order valence-electron chi connectivity index (χ2n) is 13.0. The van der Waals surface area contributed by atoms with Crippen LogP contribution in [0.5, 0.6) is 5.75 Å². The molecule has 270 valence electrons. The lowest BCUT2D eigenvalue weighted by molar-refractivity contribution is -0.204. The summed E-state index contributed by atoms with van der Waals surface area (Å²) in [7, 11) is 1.17. The van der Waals surface area contributed by atoms with Gasteiger partial charge in [-0.05, 0) is 62.1 Å². The second kappa shape index (κ2) is 16.3. The van der Waals surface area contributed by atoms with Crippen LogP contribution >= 0.6 is 11.8 Å². The van der Waals surface area contributed by atoms with Crippen molar-refractivity contribution in [2.24, 2.45) is 0 Å². The number of rotatable bonds is 12. The molecule has 5 rings (SSSR count). The molecule has 2 aliphatic rings. The van der Waals surface area contributed by atoms with Crippen molar-refractivity contribution in [3.05, 3.63) is 71.0 Å². The van der Waals surface area contributed by atoms with E-state index in [0.29, 0.717) is 16.0 Å². The quantitative estimate of drug-likeness (QED) is 0.150. The van der Waals surface area contributed by atoms with Gasteiger partial charge in [0.05, 0.1) is 31.1 Å². The number of nitrogens with zero attached hydrogens (tertiary/aromatic N) is 3. The number of ether oxygens (including phenoxy) is 2. The molecule has 1 saturated heterocycles. The molecule has 1 aliphatic carbocycles. The summed E-state index contributed by atoms with van der Waals surface area (Å²) >= 11 is 0.966. The molecule has 15 heteroatoms. The minimum atomic E-state index is -1.87. The molecule has 50 heavy (non-hydrogen) atoms. The molecule has 14 nitrogen and oxygen atoms in total. The Bertz CT molecular complexity index is 1630. The first-order valence-electron chi connectivity index (χ1n) is 16.7. The van der Waals surface area contributed by atoms with Crippen LogP contribution in [0.25, 0.3) is 0 Å². The van der Waals surface area contributed by atoms with Gasteiger partial charge in [-0.15, -0.1) is 5.10 Å². The Morgan fingerprint density at radius 3 is 2.44 bits per heavy atom. The SMILES string of the molecule is COC(=O)[C@@]1(Sc2ccccc2)C[C@@H](O)C(NC(=O)Cn2cc(C3CCCCC3)nn2)C([C@H](O)[C@H](O)CNC(=O)c2cc(C)c(O)c(C)c2)O1. The van der Waals surface area contributed by atoms with Gasteiger partial charge in [0.1, 0.15) is 24.5 Å². The van der Waals surface area contributed by atoms with Crippen LogP contribution in [0, 0.1) is 13.8 Å². The monoisotopic (exact) mass is 711 g/mol. The van der Waals surface area contributed by atoms with Gasteiger partial charge in [-0.3, -0.25) is 9.59 Å². The standard InChI is InChI=1S/C35H45N5O9S/c1-20-14-23(15-21(2)30(20)44)33(46)36-17-27(42)31(45)32-29(37-28(43)19-40-18-25(38-39-40)22-10-6-4-7-11-22)26(41)16-35(49-32,34(47)48-3)50-24-12-8-5-9-13-24/h5,8-9,12-15,18,22,26-27,29,31-32,41-42,44-45H,4,6-7,10-11,16-17,19H2,1-3H3,(H,36,46)(H,37,43)/t26-,27-,29?,31-,32?,35+/m1/s1. The topological polar surface area (TPSA) is 205 Å². The number of thioether (sulfide) groups is 1. The number of benzene rings is 2. The number of aromatic hydroxyl groups is 1. The minimum Gasteiger partial charge on any atom is -0.507 e. The molecular formula is C35H45N5O9S. The Morgan fingerprint density at radius 2 is 1.78 bits per heavy atom. The summed E-state index contributed by atoms with van der Waals surface area (Å²) < 4.78 is 12.8. The Kier molecular flexibility index (Phi) is 12.2. The van der Waals surface area contributed by atoms with Crippen LogP contribution in [0.2, 0.25) is 0 Å². The first-order chi connectivity index (χ1) is 23.9. The maximum Gasteiger partial charge on any atom is 0.349 e. The molecule has 0 spiro atoms. The lowest BCUT2D eigenvalue weighted by Crippen LogP contribution is -2.67. The summed E-state index contributed by atoms with van der Waals surface area (Å²) in [6, 6.07) is 10.5. The highest BCUT2D eigenvalue weighted by Gasteiger charge is 2.56. The zero-order valence-electron chi connectivity index (χ0n) is 28.3. The van der Waals surface area contributed by atoms with E-state index in [4.69, 9.17) is 9.47 Å². The Balaban J connectivity index is 1.35. The predicted octanol–water partition coefficient (Wildman–Crippen LogP) is 2.10. The normalized spacial score (nSPS) is 23.8. The van der Waals surface area contributed by atoms with Gasteiger partial charge in [0.25, 0.3) is 5.91 Å². The summed E-state index contributed by atoms with van der Waals surface area (Å²) in [5.74, 6) is -1.63. The smallest absolute Gasteiger partial charge is 0.349 e. The van der Waals surface area contributed by atoms with Gasteiger partial charge < -0.3 is 40.5 Å². The van der Waals surface area contributed by atoms with Crippen molar-refractivity contribution >= 4 is 29.5 Å². The van der Waals surface area contributed by atoms with Crippen LogP contribution in [-0.4, -0.2) is 102 Å². The Hall–Kier alpha value is -4.02. The Labute approximate surface area is 294 Å². The van der Waals surface area contributed by atoms with Crippen LogP contribution in [-0.2, 0) is 25.6 Å². The number of aliphatic hydroxyl groups excluding tert-OH is 3. The van der Waals surface area contributed by atoms with E-state index in [1.807, 2.05) is 0 Å². The second-order valence-corrected chi connectivity index (χ2v) is 14.3. The average molecular weight is 712 g/mol. The first-order valence-corrected chi connectivity index (χ1v) is 17.5. The third-order valence-electron chi connectivity index (χ3n) is 9.26. The number of amides is 2. The molecule has 1 saturated carbocycles. The van der Waals surface area contributed by atoms with Crippen molar-refractivity contribution in [2.45, 2.75) is 105 Å². The lowest BCUT2D eigenvalue weighted by Gasteiger charge is -2.47. The highest BCUT2D eigenvalue weighted by Crippen LogP contribution is 2.44. The van der Waals surface area contributed by atoms with Crippen molar-refractivity contribution in [2.75, 3.05) is 13.7 Å². The first kappa shape index (κ1) is 37.2. The van der Waals surface area contributed by atoms with Gasteiger partial charge in [-0.1, -0.05) is 54.4 Å². The van der Waals surface area contributed by atoms with Crippen LogP contribution < -0.4 is 10.6 Å². The van der Waals surface area contributed by atoms with Gasteiger partial charge in [0, 0.05) is 35.5 Å². The molecule has 6 N–H and O–H groups in total. The maximum atomic E-state index is 13.4. The molecule has 6 atom stereocenters. The predicted molar refractivity (Wildman–Crippen MR) is 182 cm³/mol. The number of phenolic OH excluding ortho intramolecular Hbond substituents is 1. The third kappa shape index (κ3) is 8.64. The number of methoxy groups -OCH3 is 1. The fourth-order valence-electron chi connectivity index (χ4n) is 6.58. The van der Waals surface area contributed by atoms with Crippen molar-refractivity contribution < 1.29 is 44.3 Å². The number of esters is 1. The van der Waals surface area contributed by atoms with Gasteiger partial charge in [-0.25, -0.2) is 9.48 Å². The molecular weight excluding hydrogens is 666 g/mol. The van der Waals surface area contributed by atoms with Gasteiger partial charge in [0.2, 0.25) is 10.8 Å². The van der Waals surface area contributed by atoms with E-state index in [2.05, 4.69) is 20.9 Å². The number of hydrogen-bond donors (Lipinski definition) is 6. The largest absolute Gasteiger partial charge is 0.507 e. The number of hydrogen-bond acceptors (Lipinski definition) is 12. The molecule has 0 bridgehead atoms. The maximum absolute atomic E-state index is 13.4. The molecule has 2 heterocycles.